The predicted octanol–water partition coefficient (Wildman–Crippen LogP) is 1.71. The molecule has 0 bridgehead atoms. The number of amides is 2. The SMILES string of the molecule is COC(=O)c1c(C)[nH]c(C(=O)[C@H](C)OC(=O)CN2C(=O)[C@H]3CCCC[C@H]3C2=O)c1C. The molecule has 2 aliphatic rings. The fourth-order valence-corrected chi connectivity index (χ4v) is 4.41. The Kier molecular flexibility index (Phi) is 6.09. The second-order valence-electron chi connectivity index (χ2n) is 7.87. The van der Waals surface area contributed by atoms with Crippen LogP contribution in [0.4, 0.5) is 0 Å². The molecule has 1 saturated carbocycles. The van der Waals surface area contributed by atoms with E-state index in [4.69, 9.17) is 9.47 Å². The van der Waals surface area contributed by atoms with Crippen molar-refractivity contribution < 1.29 is 33.4 Å². The number of hydrogen-bond acceptors (Lipinski definition) is 7. The first-order chi connectivity index (χ1) is 14.2. The quantitative estimate of drug-likeness (QED) is 0.424. The lowest BCUT2D eigenvalue weighted by atomic mass is 9.81. The molecule has 1 N–H and O–H groups in total. The lowest BCUT2D eigenvalue weighted by Gasteiger charge is -2.19. The Morgan fingerprint density at radius 3 is 2.20 bits per heavy atom. The summed E-state index contributed by atoms with van der Waals surface area (Å²) in [6.07, 6.45) is 1.95. The Morgan fingerprint density at radius 2 is 1.67 bits per heavy atom. The molecule has 0 radical (unpaired) electrons. The molecule has 30 heavy (non-hydrogen) atoms. The molecule has 1 aromatic heterocycles. The van der Waals surface area contributed by atoms with Gasteiger partial charge in [-0.3, -0.25) is 24.1 Å². The molecule has 0 aromatic carbocycles. The minimum Gasteiger partial charge on any atom is -0.465 e. The van der Waals surface area contributed by atoms with Crippen molar-refractivity contribution in [2.45, 2.75) is 52.6 Å². The fraction of sp³-hybridized carbons (Fsp3) is 0.571. The number of imide groups is 1. The summed E-state index contributed by atoms with van der Waals surface area (Å²) in [7, 11) is 1.25. The number of methoxy groups -OCH3 is 1. The van der Waals surface area contributed by atoms with Gasteiger partial charge in [0.15, 0.2) is 6.10 Å². The molecule has 3 atom stereocenters. The van der Waals surface area contributed by atoms with Crippen LogP contribution >= 0.6 is 0 Å². The minimum atomic E-state index is -1.16. The number of ketones is 1. The third kappa shape index (κ3) is 3.76. The van der Waals surface area contributed by atoms with Crippen LogP contribution in [-0.4, -0.2) is 59.2 Å². The summed E-state index contributed by atoms with van der Waals surface area (Å²) in [5.41, 5.74) is 1.28. The van der Waals surface area contributed by atoms with E-state index < -0.39 is 30.4 Å². The van der Waals surface area contributed by atoms with Gasteiger partial charge in [0, 0.05) is 5.69 Å². The van der Waals surface area contributed by atoms with Crippen LogP contribution in [0.3, 0.4) is 0 Å². The summed E-state index contributed by atoms with van der Waals surface area (Å²) in [5.74, 6) is -3.29. The van der Waals surface area contributed by atoms with Gasteiger partial charge < -0.3 is 14.5 Å². The van der Waals surface area contributed by atoms with Crippen LogP contribution in [0.15, 0.2) is 0 Å². The number of nitrogens with one attached hydrogen (secondary N) is 1. The average molecular weight is 418 g/mol. The van der Waals surface area contributed by atoms with Crippen molar-refractivity contribution in [2.75, 3.05) is 13.7 Å². The Morgan fingerprint density at radius 1 is 1.10 bits per heavy atom. The van der Waals surface area contributed by atoms with Gasteiger partial charge in [0.2, 0.25) is 17.6 Å². The zero-order chi connectivity index (χ0) is 22.2. The molecule has 1 aromatic rings. The molecule has 2 amide bonds. The number of aromatic nitrogens is 1. The zero-order valence-corrected chi connectivity index (χ0v) is 17.6. The molecule has 2 heterocycles. The number of hydrogen-bond donors (Lipinski definition) is 1. The smallest absolute Gasteiger partial charge is 0.339 e. The molecular formula is C21H26N2O7. The first kappa shape index (κ1) is 21.7. The number of rotatable bonds is 6. The highest BCUT2D eigenvalue weighted by molar-refractivity contribution is 6.07. The number of carbonyl (C=O) groups excluding carboxylic acids is 5. The van der Waals surface area contributed by atoms with Gasteiger partial charge in [-0.05, 0) is 39.2 Å². The molecule has 162 valence electrons. The number of fused-ring (bicyclic) bond motifs is 1. The second-order valence-corrected chi connectivity index (χ2v) is 7.87. The highest BCUT2D eigenvalue weighted by atomic mass is 16.5. The first-order valence-corrected chi connectivity index (χ1v) is 10.0. The van der Waals surface area contributed by atoms with E-state index >= 15 is 0 Å². The van der Waals surface area contributed by atoms with Crippen molar-refractivity contribution in [2.24, 2.45) is 11.8 Å². The van der Waals surface area contributed by atoms with Gasteiger partial charge in [-0.1, -0.05) is 12.8 Å². The number of H-pyrrole nitrogens is 1. The first-order valence-electron chi connectivity index (χ1n) is 10.0. The summed E-state index contributed by atoms with van der Waals surface area (Å²) in [4.78, 5) is 65.8. The number of nitrogens with zero attached hydrogens (tertiary/aromatic N) is 1. The van der Waals surface area contributed by atoms with Crippen molar-refractivity contribution in [3.8, 4) is 0 Å². The van der Waals surface area contributed by atoms with Gasteiger partial charge in [-0.15, -0.1) is 0 Å². The summed E-state index contributed by atoms with van der Waals surface area (Å²) in [6, 6.07) is 0. The van der Waals surface area contributed by atoms with Crippen molar-refractivity contribution in [3.63, 3.8) is 0 Å². The van der Waals surface area contributed by atoms with Crippen molar-refractivity contribution in [1.82, 2.24) is 9.88 Å². The standard InChI is InChI=1S/C21H26N2O7/c1-10-16(21(28)29-4)11(2)22-17(10)18(25)12(3)30-15(24)9-23-19(26)13-7-5-6-8-14(13)20(23)27/h12-14,22H,5-9H2,1-4H3/t12-,13-,14+/m0/s1. The maximum Gasteiger partial charge on any atom is 0.339 e. The number of carbonyl (C=O) groups is 5. The molecule has 1 saturated heterocycles. The van der Waals surface area contributed by atoms with E-state index in [-0.39, 0.29) is 34.9 Å². The summed E-state index contributed by atoms with van der Waals surface area (Å²) >= 11 is 0. The second kappa shape index (κ2) is 8.41. The van der Waals surface area contributed by atoms with Gasteiger partial charge in [0.1, 0.15) is 6.54 Å². The molecule has 9 heteroatoms. The normalized spacial score (nSPS) is 21.9. The van der Waals surface area contributed by atoms with E-state index in [1.54, 1.807) is 13.8 Å². The van der Waals surface area contributed by atoms with E-state index in [0.29, 0.717) is 24.1 Å². The van der Waals surface area contributed by atoms with Gasteiger partial charge >= 0.3 is 11.9 Å². The summed E-state index contributed by atoms with van der Waals surface area (Å²) in [5, 5.41) is 0. The largest absolute Gasteiger partial charge is 0.465 e. The van der Waals surface area contributed by atoms with Crippen molar-refractivity contribution in [3.05, 3.63) is 22.5 Å². The zero-order valence-electron chi connectivity index (χ0n) is 17.6. The van der Waals surface area contributed by atoms with Crippen LogP contribution in [-0.2, 0) is 23.9 Å². The van der Waals surface area contributed by atoms with Gasteiger partial charge in [0.05, 0.1) is 30.2 Å². The van der Waals surface area contributed by atoms with E-state index in [9.17, 15) is 24.0 Å². The van der Waals surface area contributed by atoms with E-state index in [2.05, 4.69) is 4.98 Å². The molecule has 0 unspecified atom stereocenters. The van der Waals surface area contributed by atoms with Crippen LogP contribution in [0.1, 0.15) is 64.7 Å². The number of ether oxygens (including phenoxy) is 2. The highest BCUT2D eigenvalue weighted by Gasteiger charge is 2.48. The van der Waals surface area contributed by atoms with Crippen LogP contribution in [0.25, 0.3) is 0 Å². The van der Waals surface area contributed by atoms with E-state index in [1.165, 1.54) is 14.0 Å². The van der Waals surface area contributed by atoms with E-state index in [0.717, 1.165) is 17.7 Å². The number of likely N-dealkylation sites (tertiary alicyclic amines) is 1. The molecular weight excluding hydrogens is 392 g/mol. The predicted molar refractivity (Wildman–Crippen MR) is 104 cm³/mol. The van der Waals surface area contributed by atoms with Crippen LogP contribution in [0.2, 0.25) is 0 Å². The topological polar surface area (TPSA) is 123 Å². The molecule has 0 spiro atoms. The average Bonchev–Trinajstić information content (AvgIpc) is 3.15. The number of Topliss-reactive ketones (excluding diaryl/α,β-unsaturated/α-hetero) is 1. The number of aromatic amines is 1. The van der Waals surface area contributed by atoms with Crippen LogP contribution in [0.5, 0.6) is 0 Å². The Hall–Kier alpha value is -2.97. The molecule has 1 aliphatic heterocycles. The van der Waals surface area contributed by atoms with Crippen LogP contribution in [0, 0.1) is 25.7 Å². The third-order valence-electron chi connectivity index (χ3n) is 5.97. The molecule has 3 rings (SSSR count). The van der Waals surface area contributed by atoms with Gasteiger partial charge in [-0.25, -0.2) is 4.79 Å². The van der Waals surface area contributed by atoms with Crippen molar-refractivity contribution >= 4 is 29.5 Å². The lowest BCUT2D eigenvalue weighted by molar-refractivity contribution is -0.154. The fourth-order valence-electron chi connectivity index (χ4n) is 4.41. The Balaban J connectivity index is 1.66. The molecule has 1 aliphatic carbocycles. The monoisotopic (exact) mass is 418 g/mol. The summed E-state index contributed by atoms with van der Waals surface area (Å²) in [6.45, 7) is 4.14. The summed E-state index contributed by atoms with van der Waals surface area (Å²) < 4.78 is 9.92. The maximum absolute atomic E-state index is 12.7. The van der Waals surface area contributed by atoms with Gasteiger partial charge in [0.25, 0.3) is 0 Å². The Labute approximate surface area is 174 Å². The van der Waals surface area contributed by atoms with Crippen molar-refractivity contribution in [1.29, 1.82) is 0 Å². The van der Waals surface area contributed by atoms with Crippen LogP contribution < -0.4 is 0 Å². The maximum atomic E-state index is 12.7. The number of esters is 2. The third-order valence-corrected chi connectivity index (χ3v) is 5.97. The van der Waals surface area contributed by atoms with Gasteiger partial charge in [-0.2, -0.15) is 0 Å². The number of aryl methyl sites for hydroxylation is 1. The molecule has 9 nitrogen and oxygen atoms in total. The minimum absolute atomic E-state index is 0.146. The Bertz CT molecular complexity index is 893. The van der Waals surface area contributed by atoms with E-state index in [1.807, 2.05) is 0 Å². The lowest BCUT2D eigenvalue weighted by Crippen LogP contribution is -2.38. The molecule has 2 fully saturated rings. The highest BCUT2D eigenvalue weighted by Crippen LogP contribution is 2.37.